The maximum Gasteiger partial charge on any atom is 0.150 e. The number of rotatable bonds is 1. The van der Waals surface area contributed by atoms with Crippen LogP contribution in [0.5, 0.6) is 0 Å². The van der Waals surface area contributed by atoms with Gasteiger partial charge in [-0.15, -0.1) is 11.3 Å². The van der Waals surface area contributed by atoms with Crippen molar-refractivity contribution in [3.8, 4) is 10.7 Å². The van der Waals surface area contributed by atoms with Crippen LogP contribution in [0.2, 0.25) is 10.0 Å². The van der Waals surface area contributed by atoms with Crippen molar-refractivity contribution in [2.24, 2.45) is 0 Å². The molecule has 0 aliphatic heterocycles. The molecule has 3 aromatic rings. The van der Waals surface area contributed by atoms with Gasteiger partial charge in [-0.2, -0.15) is 0 Å². The zero-order chi connectivity index (χ0) is 12.0. The molecule has 0 aliphatic rings. The maximum absolute atomic E-state index is 6.07. The zero-order valence-corrected chi connectivity index (χ0v) is 10.8. The van der Waals surface area contributed by atoms with Crippen molar-refractivity contribution in [1.82, 2.24) is 9.97 Å². The molecule has 2 aromatic heterocycles. The van der Waals surface area contributed by atoms with Gasteiger partial charge in [-0.1, -0.05) is 23.2 Å². The average Bonchev–Trinajstić information content (AvgIpc) is 2.83. The topological polar surface area (TPSA) is 54.7 Å². The lowest BCUT2D eigenvalue weighted by molar-refractivity contribution is 1.36. The van der Waals surface area contributed by atoms with E-state index in [1.807, 2.05) is 11.4 Å². The Morgan fingerprint density at radius 3 is 2.82 bits per heavy atom. The predicted molar refractivity (Wildman–Crippen MR) is 73.8 cm³/mol. The molecule has 0 aliphatic carbocycles. The van der Waals surface area contributed by atoms with Crippen molar-refractivity contribution in [3.63, 3.8) is 0 Å². The summed E-state index contributed by atoms with van der Waals surface area (Å²) in [5.74, 6) is 0.717. The summed E-state index contributed by atoms with van der Waals surface area (Å²) in [7, 11) is 0. The monoisotopic (exact) mass is 283 g/mol. The second-order valence-corrected chi connectivity index (χ2v) is 5.33. The third-order valence-corrected chi connectivity index (χ3v) is 3.98. The number of halogens is 2. The lowest BCUT2D eigenvalue weighted by atomic mass is 10.3. The third kappa shape index (κ3) is 1.78. The summed E-state index contributed by atoms with van der Waals surface area (Å²) in [6, 6.07) is 5.32. The van der Waals surface area contributed by atoms with E-state index >= 15 is 0 Å². The van der Waals surface area contributed by atoms with Crippen molar-refractivity contribution in [3.05, 3.63) is 33.6 Å². The van der Waals surface area contributed by atoms with E-state index < -0.39 is 0 Å². The second kappa shape index (κ2) is 3.91. The molecule has 0 fully saturated rings. The highest BCUT2D eigenvalue weighted by Crippen LogP contribution is 2.34. The van der Waals surface area contributed by atoms with Crippen molar-refractivity contribution in [2.45, 2.75) is 0 Å². The van der Waals surface area contributed by atoms with Gasteiger partial charge >= 0.3 is 0 Å². The van der Waals surface area contributed by atoms with Crippen LogP contribution in [-0.2, 0) is 0 Å². The third-order valence-electron chi connectivity index (χ3n) is 2.41. The molecule has 6 heteroatoms. The minimum Gasteiger partial charge on any atom is -0.397 e. The number of benzene rings is 1. The molecular formula is C11H7Cl2N3S. The van der Waals surface area contributed by atoms with Crippen molar-refractivity contribution in [1.29, 1.82) is 0 Å². The number of aromatic amines is 1. The van der Waals surface area contributed by atoms with E-state index in [2.05, 4.69) is 9.97 Å². The van der Waals surface area contributed by atoms with Crippen LogP contribution in [0.3, 0.4) is 0 Å². The van der Waals surface area contributed by atoms with E-state index in [4.69, 9.17) is 28.9 Å². The Kier molecular flexibility index (Phi) is 2.50. The van der Waals surface area contributed by atoms with Gasteiger partial charge in [0.15, 0.2) is 0 Å². The van der Waals surface area contributed by atoms with Crippen molar-refractivity contribution in [2.75, 3.05) is 5.73 Å². The van der Waals surface area contributed by atoms with Gasteiger partial charge in [0, 0.05) is 5.02 Å². The first-order valence-electron chi connectivity index (χ1n) is 4.83. The highest BCUT2D eigenvalue weighted by Gasteiger charge is 2.12. The summed E-state index contributed by atoms with van der Waals surface area (Å²) in [5.41, 5.74) is 7.95. The van der Waals surface area contributed by atoms with E-state index in [0.717, 1.165) is 10.4 Å². The van der Waals surface area contributed by atoms with Gasteiger partial charge in [-0.05, 0) is 23.6 Å². The second-order valence-electron chi connectivity index (χ2n) is 3.57. The molecule has 2 heterocycles. The number of aromatic nitrogens is 2. The van der Waals surface area contributed by atoms with Gasteiger partial charge in [0.05, 0.1) is 21.1 Å². The first-order valence-corrected chi connectivity index (χ1v) is 6.47. The number of thiophene rings is 1. The Hall–Kier alpha value is -1.23. The van der Waals surface area contributed by atoms with Crippen LogP contribution in [0, 0.1) is 0 Å². The van der Waals surface area contributed by atoms with Gasteiger partial charge in [-0.3, -0.25) is 0 Å². The number of nitrogens with one attached hydrogen (secondary N) is 1. The highest BCUT2D eigenvalue weighted by atomic mass is 35.5. The number of nitrogens with zero attached hydrogens (tertiary/aromatic N) is 1. The van der Waals surface area contributed by atoms with Crippen molar-refractivity contribution < 1.29 is 0 Å². The minimum absolute atomic E-state index is 0.558. The number of fused-ring (bicyclic) bond motifs is 1. The molecule has 17 heavy (non-hydrogen) atoms. The van der Waals surface area contributed by atoms with E-state index in [1.54, 1.807) is 12.1 Å². The SMILES string of the molecule is Nc1cc(Cl)cc2[nH]c(-c3sccc3Cl)nc12. The Bertz CT molecular complexity index is 702. The Labute approximate surface area is 111 Å². The van der Waals surface area contributed by atoms with Gasteiger partial charge < -0.3 is 10.7 Å². The molecule has 1 aromatic carbocycles. The number of imidazole rings is 1. The molecule has 0 atom stereocenters. The summed E-state index contributed by atoms with van der Waals surface area (Å²) in [5, 5.41) is 3.18. The average molecular weight is 284 g/mol. The number of H-pyrrole nitrogens is 1. The van der Waals surface area contributed by atoms with Crippen molar-refractivity contribution >= 4 is 51.3 Å². The number of hydrogen-bond donors (Lipinski definition) is 2. The molecular weight excluding hydrogens is 277 g/mol. The fourth-order valence-corrected chi connectivity index (χ4v) is 2.99. The molecule has 3 N–H and O–H groups in total. The first kappa shape index (κ1) is 10.9. The Balaban J connectivity index is 2.27. The van der Waals surface area contributed by atoms with E-state index in [1.165, 1.54) is 11.3 Å². The fourth-order valence-electron chi connectivity index (χ4n) is 1.68. The van der Waals surface area contributed by atoms with Gasteiger partial charge in [0.1, 0.15) is 11.3 Å². The van der Waals surface area contributed by atoms with Crippen LogP contribution < -0.4 is 5.73 Å². The standard InChI is InChI=1S/C11H7Cl2N3S/c12-5-3-7(14)9-8(4-5)15-11(16-9)10-6(13)1-2-17-10/h1-4H,14H2,(H,15,16). The van der Waals surface area contributed by atoms with E-state index in [0.29, 0.717) is 27.1 Å². The van der Waals surface area contributed by atoms with Crippen LogP contribution >= 0.6 is 34.5 Å². The fraction of sp³-hybridized carbons (Fsp3) is 0. The van der Waals surface area contributed by atoms with Crippen LogP contribution in [0.15, 0.2) is 23.6 Å². The minimum atomic E-state index is 0.558. The summed E-state index contributed by atoms with van der Waals surface area (Å²) in [4.78, 5) is 8.52. The highest BCUT2D eigenvalue weighted by molar-refractivity contribution is 7.14. The molecule has 0 radical (unpaired) electrons. The lowest BCUT2D eigenvalue weighted by Crippen LogP contribution is -1.86. The predicted octanol–water partition coefficient (Wildman–Crippen LogP) is 4.18. The number of nitrogens with two attached hydrogens (primary N) is 1. The summed E-state index contributed by atoms with van der Waals surface area (Å²) in [6.07, 6.45) is 0. The van der Waals surface area contributed by atoms with Gasteiger partial charge in [-0.25, -0.2) is 4.98 Å². The molecule has 0 unspecified atom stereocenters. The normalized spacial score (nSPS) is 11.2. The zero-order valence-electron chi connectivity index (χ0n) is 8.50. The summed E-state index contributed by atoms with van der Waals surface area (Å²) < 4.78 is 0. The number of hydrogen-bond acceptors (Lipinski definition) is 3. The van der Waals surface area contributed by atoms with Crippen LogP contribution in [0.25, 0.3) is 21.7 Å². The molecule has 0 saturated heterocycles. The summed E-state index contributed by atoms with van der Waals surface area (Å²) >= 11 is 13.5. The lowest BCUT2D eigenvalue weighted by Gasteiger charge is -1.94. The smallest absolute Gasteiger partial charge is 0.150 e. The molecule has 0 amide bonds. The first-order chi connectivity index (χ1) is 8.15. The Morgan fingerprint density at radius 1 is 1.29 bits per heavy atom. The molecule has 86 valence electrons. The molecule has 3 nitrogen and oxygen atoms in total. The number of nitrogen functional groups attached to an aromatic ring is 1. The molecule has 0 spiro atoms. The van der Waals surface area contributed by atoms with Gasteiger partial charge in [0.25, 0.3) is 0 Å². The number of anilines is 1. The molecule has 3 rings (SSSR count). The molecule has 0 saturated carbocycles. The maximum atomic E-state index is 6.07. The quantitative estimate of drug-likeness (QED) is 0.658. The van der Waals surface area contributed by atoms with E-state index in [-0.39, 0.29) is 0 Å². The van der Waals surface area contributed by atoms with Crippen LogP contribution in [-0.4, -0.2) is 9.97 Å². The van der Waals surface area contributed by atoms with Gasteiger partial charge in [0.2, 0.25) is 0 Å². The summed E-state index contributed by atoms with van der Waals surface area (Å²) in [6.45, 7) is 0. The Morgan fingerprint density at radius 2 is 2.12 bits per heavy atom. The van der Waals surface area contributed by atoms with Crippen LogP contribution in [0.1, 0.15) is 0 Å². The van der Waals surface area contributed by atoms with Crippen LogP contribution in [0.4, 0.5) is 5.69 Å². The van der Waals surface area contributed by atoms with E-state index in [9.17, 15) is 0 Å². The molecule has 0 bridgehead atoms. The largest absolute Gasteiger partial charge is 0.397 e.